The summed E-state index contributed by atoms with van der Waals surface area (Å²) in [5.41, 5.74) is 2.08. The van der Waals surface area contributed by atoms with Crippen molar-refractivity contribution in [1.29, 1.82) is 0 Å². The van der Waals surface area contributed by atoms with Crippen molar-refractivity contribution in [3.8, 4) is 17.2 Å². The Morgan fingerprint density at radius 2 is 1.86 bits per heavy atom. The molecule has 0 aliphatic carbocycles. The van der Waals surface area contributed by atoms with Crippen molar-refractivity contribution in [3.05, 3.63) is 47.5 Å². The molecular weight excluding hydrogens is 282 g/mol. The lowest BCUT2D eigenvalue weighted by Crippen LogP contribution is -2.18. The maximum absolute atomic E-state index is 12.5. The molecule has 1 amide bonds. The average Bonchev–Trinajstić information content (AvgIpc) is 2.54. The third-order valence-corrected chi connectivity index (χ3v) is 3.46. The maximum Gasteiger partial charge on any atom is 0.256 e. The first-order valence-corrected chi connectivity index (χ1v) is 7.03. The number of anilines is 1. The van der Waals surface area contributed by atoms with Gasteiger partial charge in [-0.3, -0.25) is 4.79 Å². The second-order valence-corrected chi connectivity index (χ2v) is 5.00. The van der Waals surface area contributed by atoms with E-state index in [0.29, 0.717) is 41.7 Å². The van der Waals surface area contributed by atoms with Gasteiger partial charge in [-0.1, -0.05) is 6.07 Å². The summed E-state index contributed by atoms with van der Waals surface area (Å²) in [6, 6.07) is 10.8. The van der Waals surface area contributed by atoms with E-state index in [2.05, 4.69) is 5.32 Å². The zero-order chi connectivity index (χ0) is 15.5. The van der Waals surface area contributed by atoms with Crippen LogP contribution in [0.25, 0.3) is 0 Å². The minimum absolute atomic E-state index is 0.192. The van der Waals surface area contributed by atoms with Gasteiger partial charge < -0.3 is 19.5 Å². The molecule has 0 unspecified atom stereocenters. The summed E-state index contributed by atoms with van der Waals surface area (Å²) in [4.78, 5) is 12.5. The van der Waals surface area contributed by atoms with Crippen LogP contribution in [-0.4, -0.2) is 26.2 Å². The average molecular weight is 299 g/mol. The summed E-state index contributed by atoms with van der Waals surface area (Å²) in [7, 11) is 1.59. The van der Waals surface area contributed by atoms with Crippen LogP contribution in [0.1, 0.15) is 15.9 Å². The van der Waals surface area contributed by atoms with Crippen LogP contribution in [0.15, 0.2) is 36.4 Å². The number of benzene rings is 2. The van der Waals surface area contributed by atoms with Gasteiger partial charge in [0.1, 0.15) is 19.0 Å². The Labute approximate surface area is 128 Å². The van der Waals surface area contributed by atoms with Crippen molar-refractivity contribution in [2.75, 3.05) is 25.6 Å². The minimum Gasteiger partial charge on any atom is -0.497 e. The van der Waals surface area contributed by atoms with Gasteiger partial charge >= 0.3 is 0 Å². The van der Waals surface area contributed by atoms with Crippen molar-refractivity contribution in [2.45, 2.75) is 6.92 Å². The quantitative estimate of drug-likeness (QED) is 0.946. The number of nitrogens with one attached hydrogen (secondary N) is 1. The molecule has 0 spiro atoms. The Morgan fingerprint density at radius 3 is 2.59 bits per heavy atom. The highest BCUT2D eigenvalue weighted by molar-refractivity contribution is 6.05. The molecule has 2 aromatic carbocycles. The van der Waals surface area contributed by atoms with Gasteiger partial charge in [0.25, 0.3) is 5.91 Å². The Kier molecular flexibility index (Phi) is 3.87. The van der Waals surface area contributed by atoms with E-state index in [4.69, 9.17) is 14.2 Å². The normalized spacial score (nSPS) is 12.6. The fourth-order valence-corrected chi connectivity index (χ4v) is 2.33. The Balaban J connectivity index is 1.85. The second kappa shape index (κ2) is 5.97. The van der Waals surface area contributed by atoms with Gasteiger partial charge in [0.05, 0.1) is 7.11 Å². The van der Waals surface area contributed by atoms with E-state index in [0.717, 1.165) is 5.56 Å². The third kappa shape index (κ3) is 2.83. The lowest BCUT2D eigenvalue weighted by atomic mass is 10.1. The van der Waals surface area contributed by atoms with Crippen LogP contribution >= 0.6 is 0 Å². The summed E-state index contributed by atoms with van der Waals surface area (Å²) in [5.74, 6) is 1.79. The fourth-order valence-electron chi connectivity index (χ4n) is 2.33. The number of amides is 1. The highest BCUT2D eigenvalue weighted by atomic mass is 16.6. The molecule has 1 heterocycles. The molecular formula is C17H17NO4. The zero-order valence-corrected chi connectivity index (χ0v) is 12.5. The molecule has 5 nitrogen and oxygen atoms in total. The third-order valence-electron chi connectivity index (χ3n) is 3.46. The largest absolute Gasteiger partial charge is 0.497 e. The molecule has 114 valence electrons. The number of fused-ring (bicyclic) bond motifs is 1. The number of carbonyl (C=O) groups is 1. The van der Waals surface area contributed by atoms with Crippen LogP contribution in [0, 0.1) is 6.92 Å². The standard InChI is InChI=1S/C17H17NO4/c1-11-8-15-16(22-7-6-21-15)10-14(11)17(19)18-12-4-3-5-13(9-12)20-2/h3-5,8-10H,6-7H2,1-2H3,(H,18,19). The molecule has 1 N–H and O–H groups in total. The van der Waals surface area contributed by atoms with Crippen molar-refractivity contribution in [2.24, 2.45) is 0 Å². The van der Waals surface area contributed by atoms with Crippen LogP contribution in [0.2, 0.25) is 0 Å². The molecule has 1 aliphatic rings. The Morgan fingerprint density at radius 1 is 1.14 bits per heavy atom. The lowest BCUT2D eigenvalue weighted by Gasteiger charge is -2.20. The van der Waals surface area contributed by atoms with Crippen LogP contribution < -0.4 is 19.5 Å². The van der Waals surface area contributed by atoms with Gasteiger partial charge in [0.2, 0.25) is 0 Å². The SMILES string of the molecule is COc1cccc(NC(=O)c2cc3c(cc2C)OCCO3)c1. The molecule has 0 radical (unpaired) electrons. The van der Waals surface area contributed by atoms with E-state index in [9.17, 15) is 4.79 Å². The Bertz CT molecular complexity index is 712. The van der Waals surface area contributed by atoms with E-state index < -0.39 is 0 Å². The lowest BCUT2D eigenvalue weighted by molar-refractivity contribution is 0.102. The molecule has 0 fully saturated rings. The van der Waals surface area contributed by atoms with Crippen LogP contribution in [-0.2, 0) is 0 Å². The summed E-state index contributed by atoms with van der Waals surface area (Å²) in [6.45, 7) is 2.90. The molecule has 22 heavy (non-hydrogen) atoms. The van der Waals surface area contributed by atoms with Gasteiger partial charge in [0, 0.05) is 17.3 Å². The Hall–Kier alpha value is -2.69. The molecule has 0 atom stereocenters. The highest BCUT2D eigenvalue weighted by Gasteiger charge is 2.18. The van der Waals surface area contributed by atoms with Gasteiger partial charge in [-0.15, -0.1) is 0 Å². The summed E-state index contributed by atoms with van der Waals surface area (Å²) in [5, 5.41) is 2.87. The number of aryl methyl sites for hydroxylation is 1. The summed E-state index contributed by atoms with van der Waals surface area (Å²) in [6.07, 6.45) is 0. The monoisotopic (exact) mass is 299 g/mol. The van der Waals surface area contributed by atoms with E-state index in [1.54, 1.807) is 19.2 Å². The molecule has 2 aromatic rings. The van der Waals surface area contributed by atoms with Gasteiger partial charge in [-0.25, -0.2) is 0 Å². The van der Waals surface area contributed by atoms with Crippen LogP contribution in [0.3, 0.4) is 0 Å². The maximum atomic E-state index is 12.5. The minimum atomic E-state index is -0.192. The van der Waals surface area contributed by atoms with E-state index in [-0.39, 0.29) is 5.91 Å². The molecule has 3 rings (SSSR count). The van der Waals surface area contributed by atoms with Gasteiger partial charge in [0.15, 0.2) is 11.5 Å². The van der Waals surface area contributed by atoms with Gasteiger partial charge in [-0.05, 0) is 36.8 Å². The van der Waals surface area contributed by atoms with Crippen molar-refractivity contribution in [3.63, 3.8) is 0 Å². The summed E-state index contributed by atoms with van der Waals surface area (Å²) >= 11 is 0. The molecule has 0 aromatic heterocycles. The number of hydrogen-bond donors (Lipinski definition) is 1. The predicted octanol–water partition coefficient (Wildman–Crippen LogP) is 3.03. The topological polar surface area (TPSA) is 56.8 Å². The van der Waals surface area contributed by atoms with Crippen molar-refractivity contribution in [1.82, 2.24) is 0 Å². The molecule has 0 saturated heterocycles. The van der Waals surface area contributed by atoms with Crippen molar-refractivity contribution < 1.29 is 19.0 Å². The summed E-state index contributed by atoms with van der Waals surface area (Å²) < 4.78 is 16.2. The smallest absolute Gasteiger partial charge is 0.256 e. The molecule has 0 saturated carbocycles. The van der Waals surface area contributed by atoms with Crippen LogP contribution in [0.4, 0.5) is 5.69 Å². The van der Waals surface area contributed by atoms with E-state index in [1.165, 1.54) is 0 Å². The van der Waals surface area contributed by atoms with E-state index in [1.807, 2.05) is 31.2 Å². The van der Waals surface area contributed by atoms with Gasteiger partial charge in [-0.2, -0.15) is 0 Å². The second-order valence-electron chi connectivity index (χ2n) is 5.00. The number of ether oxygens (including phenoxy) is 3. The predicted molar refractivity (Wildman–Crippen MR) is 83.1 cm³/mol. The molecule has 5 heteroatoms. The first-order valence-electron chi connectivity index (χ1n) is 7.03. The molecule has 0 bridgehead atoms. The highest BCUT2D eigenvalue weighted by Crippen LogP contribution is 2.33. The number of hydrogen-bond acceptors (Lipinski definition) is 4. The number of methoxy groups -OCH3 is 1. The first kappa shape index (κ1) is 14.3. The van der Waals surface area contributed by atoms with Crippen LogP contribution in [0.5, 0.6) is 17.2 Å². The number of carbonyl (C=O) groups excluding carboxylic acids is 1. The number of rotatable bonds is 3. The molecule has 1 aliphatic heterocycles. The van der Waals surface area contributed by atoms with Crippen molar-refractivity contribution >= 4 is 11.6 Å². The fraction of sp³-hybridized carbons (Fsp3) is 0.235. The first-order chi connectivity index (χ1) is 10.7. The zero-order valence-electron chi connectivity index (χ0n) is 12.5. The van der Waals surface area contributed by atoms with E-state index >= 15 is 0 Å².